The van der Waals surface area contributed by atoms with Gasteiger partial charge in [0.05, 0.1) is 19.4 Å². The molecule has 1 atom stereocenters. The summed E-state index contributed by atoms with van der Waals surface area (Å²) >= 11 is 0. The molecule has 2 rings (SSSR count). The fourth-order valence-electron chi connectivity index (χ4n) is 1.59. The maximum atomic E-state index is 10.1. The SMILES string of the molecule is COc1cncc(C(O)Cc2cccnc2)c1. The van der Waals surface area contributed by atoms with Crippen molar-refractivity contribution in [2.75, 3.05) is 7.11 Å². The van der Waals surface area contributed by atoms with E-state index < -0.39 is 6.10 Å². The molecule has 17 heavy (non-hydrogen) atoms. The van der Waals surface area contributed by atoms with E-state index in [1.807, 2.05) is 12.1 Å². The van der Waals surface area contributed by atoms with Crippen molar-refractivity contribution in [3.63, 3.8) is 0 Å². The van der Waals surface area contributed by atoms with Crippen LogP contribution in [-0.2, 0) is 6.42 Å². The Morgan fingerprint density at radius 2 is 2.18 bits per heavy atom. The van der Waals surface area contributed by atoms with Crippen LogP contribution in [0, 0.1) is 0 Å². The fourth-order valence-corrected chi connectivity index (χ4v) is 1.59. The lowest BCUT2D eigenvalue weighted by Crippen LogP contribution is -2.03. The number of methoxy groups -OCH3 is 1. The zero-order chi connectivity index (χ0) is 12.1. The summed E-state index contributed by atoms with van der Waals surface area (Å²) in [7, 11) is 1.58. The minimum absolute atomic E-state index is 0.517. The topological polar surface area (TPSA) is 55.2 Å². The normalized spacial score (nSPS) is 12.1. The van der Waals surface area contributed by atoms with Crippen molar-refractivity contribution in [2.24, 2.45) is 0 Å². The van der Waals surface area contributed by atoms with E-state index in [1.54, 1.807) is 38.0 Å². The predicted octanol–water partition coefficient (Wildman–Crippen LogP) is 1.76. The molecule has 2 aromatic rings. The highest BCUT2D eigenvalue weighted by molar-refractivity contribution is 5.26. The van der Waals surface area contributed by atoms with Crippen LogP contribution in [0.15, 0.2) is 43.0 Å². The molecule has 1 N–H and O–H groups in total. The first-order valence-corrected chi connectivity index (χ1v) is 5.35. The Morgan fingerprint density at radius 1 is 1.29 bits per heavy atom. The molecule has 0 saturated carbocycles. The maximum absolute atomic E-state index is 10.1. The minimum atomic E-state index is -0.596. The molecule has 1 unspecified atom stereocenters. The first-order chi connectivity index (χ1) is 8.29. The van der Waals surface area contributed by atoms with E-state index in [2.05, 4.69) is 9.97 Å². The van der Waals surface area contributed by atoms with Crippen molar-refractivity contribution in [1.82, 2.24) is 9.97 Å². The van der Waals surface area contributed by atoms with Crippen molar-refractivity contribution in [1.29, 1.82) is 0 Å². The van der Waals surface area contributed by atoms with E-state index in [4.69, 9.17) is 4.74 Å². The lowest BCUT2D eigenvalue weighted by atomic mass is 10.0. The molecule has 2 aromatic heterocycles. The zero-order valence-electron chi connectivity index (χ0n) is 9.58. The molecule has 0 aliphatic rings. The molecule has 0 bridgehead atoms. The van der Waals surface area contributed by atoms with Gasteiger partial charge in [-0.15, -0.1) is 0 Å². The zero-order valence-corrected chi connectivity index (χ0v) is 9.58. The van der Waals surface area contributed by atoms with Crippen molar-refractivity contribution >= 4 is 0 Å². The average Bonchev–Trinajstić information content (AvgIpc) is 2.40. The van der Waals surface area contributed by atoms with Gasteiger partial charge in [-0.05, 0) is 17.7 Å². The van der Waals surface area contributed by atoms with Crippen LogP contribution < -0.4 is 4.74 Å². The minimum Gasteiger partial charge on any atom is -0.495 e. The summed E-state index contributed by atoms with van der Waals surface area (Å²) < 4.78 is 5.07. The Labute approximate surface area is 99.9 Å². The highest BCUT2D eigenvalue weighted by Gasteiger charge is 2.10. The number of aliphatic hydroxyl groups excluding tert-OH is 1. The molecule has 0 saturated heterocycles. The number of aromatic nitrogens is 2. The highest BCUT2D eigenvalue weighted by atomic mass is 16.5. The van der Waals surface area contributed by atoms with Crippen molar-refractivity contribution in [2.45, 2.75) is 12.5 Å². The number of hydrogen-bond donors (Lipinski definition) is 1. The molecule has 0 aromatic carbocycles. The molecule has 0 amide bonds. The predicted molar refractivity (Wildman–Crippen MR) is 63.7 cm³/mol. The Bertz CT molecular complexity index is 474. The van der Waals surface area contributed by atoms with Crippen LogP contribution in [0.2, 0.25) is 0 Å². The quantitative estimate of drug-likeness (QED) is 0.869. The van der Waals surface area contributed by atoms with Gasteiger partial charge in [-0.3, -0.25) is 9.97 Å². The van der Waals surface area contributed by atoms with Gasteiger partial charge in [0.2, 0.25) is 0 Å². The monoisotopic (exact) mass is 230 g/mol. The van der Waals surface area contributed by atoms with Crippen LogP contribution in [-0.4, -0.2) is 22.2 Å². The van der Waals surface area contributed by atoms with E-state index >= 15 is 0 Å². The third-order valence-corrected chi connectivity index (χ3v) is 2.51. The number of pyridine rings is 2. The van der Waals surface area contributed by atoms with Crippen LogP contribution in [0.4, 0.5) is 0 Å². The number of aliphatic hydroxyl groups is 1. The third kappa shape index (κ3) is 3.01. The number of hydrogen-bond acceptors (Lipinski definition) is 4. The van der Waals surface area contributed by atoms with E-state index in [0.29, 0.717) is 12.2 Å². The molecule has 0 spiro atoms. The third-order valence-electron chi connectivity index (χ3n) is 2.51. The molecule has 0 aliphatic heterocycles. The van der Waals surface area contributed by atoms with Gasteiger partial charge in [-0.2, -0.15) is 0 Å². The standard InChI is InChI=1S/C13H14N2O2/c1-17-12-6-11(8-15-9-12)13(16)5-10-3-2-4-14-7-10/h2-4,6-9,13,16H,5H2,1H3. The second-order valence-electron chi connectivity index (χ2n) is 3.74. The number of rotatable bonds is 4. The van der Waals surface area contributed by atoms with E-state index in [-0.39, 0.29) is 0 Å². The first-order valence-electron chi connectivity index (χ1n) is 5.35. The Kier molecular flexibility index (Phi) is 3.67. The van der Waals surface area contributed by atoms with Crippen molar-refractivity contribution in [3.8, 4) is 5.75 Å². The van der Waals surface area contributed by atoms with Gasteiger partial charge in [0, 0.05) is 30.6 Å². The summed E-state index contributed by atoms with van der Waals surface area (Å²) in [6.07, 6.45) is 6.63. The summed E-state index contributed by atoms with van der Waals surface area (Å²) in [6.45, 7) is 0. The number of ether oxygens (including phenoxy) is 1. The second kappa shape index (κ2) is 5.41. The lowest BCUT2D eigenvalue weighted by molar-refractivity contribution is 0.177. The van der Waals surface area contributed by atoms with Gasteiger partial charge >= 0.3 is 0 Å². The van der Waals surface area contributed by atoms with Gasteiger partial charge in [0.25, 0.3) is 0 Å². The van der Waals surface area contributed by atoms with Crippen molar-refractivity contribution in [3.05, 3.63) is 54.1 Å². The van der Waals surface area contributed by atoms with Gasteiger partial charge < -0.3 is 9.84 Å². The summed E-state index contributed by atoms with van der Waals surface area (Å²) in [5.41, 5.74) is 1.73. The van der Waals surface area contributed by atoms with E-state index in [1.165, 1.54) is 0 Å². The van der Waals surface area contributed by atoms with Gasteiger partial charge in [-0.1, -0.05) is 6.07 Å². The van der Waals surface area contributed by atoms with E-state index in [9.17, 15) is 5.11 Å². The molecule has 88 valence electrons. The summed E-state index contributed by atoms with van der Waals surface area (Å²) in [5.74, 6) is 0.646. The first kappa shape index (κ1) is 11.5. The molecule has 0 fully saturated rings. The van der Waals surface area contributed by atoms with E-state index in [0.717, 1.165) is 11.1 Å². The Hall–Kier alpha value is -1.94. The molecule has 0 aliphatic carbocycles. The molecule has 4 heteroatoms. The largest absolute Gasteiger partial charge is 0.495 e. The Balaban J connectivity index is 2.11. The van der Waals surface area contributed by atoms with Crippen LogP contribution in [0.25, 0.3) is 0 Å². The van der Waals surface area contributed by atoms with Crippen molar-refractivity contribution < 1.29 is 9.84 Å². The molecular weight excluding hydrogens is 216 g/mol. The lowest BCUT2D eigenvalue weighted by Gasteiger charge is -2.11. The van der Waals surface area contributed by atoms with Crippen LogP contribution in [0.5, 0.6) is 5.75 Å². The van der Waals surface area contributed by atoms with Crippen LogP contribution >= 0.6 is 0 Å². The number of nitrogens with zero attached hydrogens (tertiary/aromatic N) is 2. The highest BCUT2D eigenvalue weighted by Crippen LogP contribution is 2.20. The summed E-state index contributed by atoms with van der Waals surface area (Å²) in [6, 6.07) is 5.57. The molecule has 0 radical (unpaired) electrons. The van der Waals surface area contributed by atoms with Crippen LogP contribution in [0.1, 0.15) is 17.2 Å². The maximum Gasteiger partial charge on any atom is 0.137 e. The van der Waals surface area contributed by atoms with Gasteiger partial charge in [0.15, 0.2) is 0 Å². The molecule has 2 heterocycles. The summed E-state index contributed by atoms with van der Waals surface area (Å²) in [4.78, 5) is 8.03. The summed E-state index contributed by atoms with van der Waals surface area (Å²) in [5, 5.41) is 10.1. The molecule has 4 nitrogen and oxygen atoms in total. The fraction of sp³-hybridized carbons (Fsp3) is 0.231. The Morgan fingerprint density at radius 3 is 2.88 bits per heavy atom. The average molecular weight is 230 g/mol. The smallest absolute Gasteiger partial charge is 0.137 e. The molecular formula is C13H14N2O2. The van der Waals surface area contributed by atoms with Gasteiger partial charge in [-0.25, -0.2) is 0 Å². The second-order valence-corrected chi connectivity index (χ2v) is 3.74. The van der Waals surface area contributed by atoms with Gasteiger partial charge in [0.1, 0.15) is 5.75 Å². The van der Waals surface area contributed by atoms with Crippen LogP contribution in [0.3, 0.4) is 0 Å².